The predicted octanol–water partition coefficient (Wildman–Crippen LogP) is 0.629. The summed E-state index contributed by atoms with van der Waals surface area (Å²) in [5, 5.41) is -5.41. The average molecular weight is 496 g/mol. The summed E-state index contributed by atoms with van der Waals surface area (Å²) in [6.45, 7) is 0. The van der Waals surface area contributed by atoms with Crippen LogP contribution in [0.15, 0.2) is 30.3 Å². The van der Waals surface area contributed by atoms with Gasteiger partial charge in [0.15, 0.2) is 16.6 Å². The van der Waals surface area contributed by atoms with E-state index in [1.54, 1.807) is 0 Å². The lowest BCUT2D eigenvalue weighted by molar-refractivity contribution is 0.0908. The largest absolute Gasteiger partial charge is 0.340 e. The van der Waals surface area contributed by atoms with Crippen molar-refractivity contribution in [3.8, 4) is 0 Å². The second kappa shape index (κ2) is 9.32. The van der Waals surface area contributed by atoms with Crippen LogP contribution in [0.1, 0.15) is 23.2 Å². The predicted molar refractivity (Wildman–Crippen MR) is 99.2 cm³/mol. The molecule has 29 heavy (non-hydrogen) atoms. The highest BCUT2D eigenvalue weighted by molar-refractivity contribution is 7.71. The van der Waals surface area contributed by atoms with E-state index in [-0.39, 0.29) is 5.56 Å². The van der Waals surface area contributed by atoms with Gasteiger partial charge < -0.3 is 39.1 Å². The Morgan fingerprint density at radius 3 is 1.24 bits per heavy atom. The molecule has 1 aromatic carbocycles. The van der Waals surface area contributed by atoms with Crippen molar-refractivity contribution < 1.29 is 62.2 Å². The van der Waals surface area contributed by atoms with Crippen LogP contribution in [-0.4, -0.2) is 55.7 Å². The summed E-state index contributed by atoms with van der Waals surface area (Å²) in [5.74, 6) is -2.97. The molecule has 8 N–H and O–H groups in total. The summed E-state index contributed by atoms with van der Waals surface area (Å²) in [6.07, 6.45) is -2.53. The van der Waals surface area contributed by atoms with Crippen molar-refractivity contribution in [1.82, 2.24) is 0 Å². The molecule has 166 valence electrons. The summed E-state index contributed by atoms with van der Waals surface area (Å²) in [4.78, 5) is 86.9. The zero-order chi connectivity index (χ0) is 22.8. The number of carbonyl (C=O) groups excluding carboxylic acids is 1. The highest BCUT2D eigenvalue weighted by Gasteiger charge is 2.50. The lowest BCUT2D eigenvalue weighted by Crippen LogP contribution is -2.26. The molecule has 0 spiro atoms. The topological polar surface area (TPSA) is 247 Å². The summed E-state index contributed by atoms with van der Waals surface area (Å²) < 4.78 is 46.1. The molecule has 0 aliphatic carbocycles. The lowest BCUT2D eigenvalue weighted by atomic mass is 9.93. The van der Waals surface area contributed by atoms with Crippen molar-refractivity contribution in [3.63, 3.8) is 0 Å². The standard InChI is InChI=1S/C12H20O13P4/c13-12(8-4-2-1-3-5-8)9(6-10(26(14,15)16)27(17,18)19)7-11(28(20,21)22)29(23,24)25/h1-5,9-11H,6-7H2,(H2,14,15,16)(H2,17,18,19)(H2,20,21,22)(H2,23,24,25). The van der Waals surface area contributed by atoms with E-state index in [0.29, 0.717) is 0 Å². The van der Waals surface area contributed by atoms with Gasteiger partial charge in [0.2, 0.25) is 0 Å². The van der Waals surface area contributed by atoms with Gasteiger partial charge in [0, 0.05) is 11.5 Å². The van der Waals surface area contributed by atoms with Gasteiger partial charge in [-0.1, -0.05) is 30.3 Å². The Kier molecular flexibility index (Phi) is 8.53. The molecule has 0 heterocycles. The Morgan fingerprint density at radius 2 is 0.966 bits per heavy atom. The second-order valence-electron chi connectivity index (χ2n) is 6.22. The minimum atomic E-state index is -5.51. The molecule has 0 aliphatic rings. The van der Waals surface area contributed by atoms with Gasteiger partial charge in [-0.25, -0.2) is 0 Å². The molecule has 0 saturated heterocycles. The van der Waals surface area contributed by atoms with Gasteiger partial charge in [-0.15, -0.1) is 0 Å². The average Bonchev–Trinajstić information content (AvgIpc) is 2.50. The van der Waals surface area contributed by atoms with Crippen LogP contribution in [0, 0.1) is 5.92 Å². The first-order chi connectivity index (χ1) is 12.8. The van der Waals surface area contributed by atoms with Gasteiger partial charge >= 0.3 is 30.4 Å². The van der Waals surface area contributed by atoms with Crippen molar-refractivity contribution in [2.24, 2.45) is 5.92 Å². The molecule has 17 heteroatoms. The Balaban J connectivity index is 3.48. The van der Waals surface area contributed by atoms with Crippen LogP contribution in [0.4, 0.5) is 0 Å². The van der Waals surface area contributed by atoms with Gasteiger partial charge in [0.25, 0.3) is 0 Å². The van der Waals surface area contributed by atoms with E-state index < -0.39 is 65.7 Å². The third kappa shape index (κ3) is 7.92. The SMILES string of the molecule is O=C(c1ccccc1)C(CC(P(=O)(O)O)P(=O)(O)O)CC(P(=O)(O)O)P(=O)(O)O. The highest BCUT2D eigenvalue weighted by Crippen LogP contribution is 2.65. The normalized spacial score (nSPS) is 14.0. The van der Waals surface area contributed by atoms with Crippen LogP contribution in [-0.2, 0) is 18.3 Å². The molecular formula is C12H20O13P4. The molecule has 0 bridgehead atoms. The van der Waals surface area contributed by atoms with E-state index in [9.17, 15) is 62.2 Å². The van der Waals surface area contributed by atoms with Crippen LogP contribution in [0.2, 0.25) is 0 Å². The van der Waals surface area contributed by atoms with E-state index >= 15 is 0 Å². The summed E-state index contributed by atoms with van der Waals surface area (Å²) in [6, 6.07) is 6.66. The number of hydrogen-bond acceptors (Lipinski definition) is 5. The maximum absolute atomic E-state index is 12.7. The van der Waals surface area contributed by atoms with Crippen LogP contribution < -0.4 is 0 Å². The first kappa shape index (κ1) is 26.5. The van der Waals surface area contributed by atoms with Crippen molar-refractivity contribution >= 4 is 36.2 Å². The van der Waals surface area contributed by atoms with Gasteiger partial charge in [0.1, 0.15) is 0 Å². The van der Waals surface area contributed by atoms with E-state index in [0.717, 1.165) is 0 Å². The summed E-state index contributed by atoms with van der Waals surface area (Å²) >= 11 is 0. The molecule has 0 aliphatic heterocycles. The number of benzene rings is 1. The van der Waals surface area contributed by atoms with Crippen molar-refractivity contribution in [2.75, 3.05) is 0 Å². The molecule has 0 saturated carbocycles. The summed E-state index contributed by atoms with van der Waals surface area (Å²) in [5.41, 5.74) is -0.150. The Bertz CT molecular complexity index is 813. The number of rotatable bonds is 10. The molecule has 0 amide bonds. The maximum atomic E-state index is 12.7. The fourth-order valence-corrected chi connectivity index (χ4v) is 7.85. The van der Waals surface area contributed by atoms with Crippen LogP contribution in [0.5, 0.6) is 0 Å². The molecule has 1 rings (SSSR count). The molecule has 1 aromatic rings. The second-order valence-corrected chi connectivity index (χ2v) is 14.2. The van der Waals surface area contributed by atoms with Crippen molar-refractivity contribution in [3.05, 3.63) is 35.9 Å². The number of carbonyl (C=O) groups is 1. The van der Waals surface area contributed by atoms with Crippen LogP contribution >= 0.6 is 30.4 Å². The minimum Gasteiger partial charge on any atom is -0.324 e. The van der Waals surface area contributed by atoms with Crippen LogP contribution in [0.3, 0.4) is 0 Å². The van der Waals surface area contributed by atoms with Crippen LogP contribution in [0.25, 0.3) is 0 Å². The summed E-state index contributed by atoms with van der Waals surface area (Å²) in [7, 11) is -22.0. The van der Waals surface area contributed by atoms with Gasteiger partial charge in [0.05, 0.1) is 0 Å². The van der Waals surface area contributed by atoms with Crippen molar-refractivity contribution in [2.45, 2.75) is 23.6 Å². The smallest absolute Gasteiger partial charge is 0.324 e. The lowest BCUT2D eigenvalue weighted by Gasteiger charge is -2.27. The van der Waals surface area contributed by atoms with Gasteiger partial charge in [-0.3, -0.25) is 23.1 Å². The monoisotopic (exact) mass is 496 g/mol. The number of Topliss-reactive ketones (excluding diaryl/α,β-unsaturated/α-hetero) is 1. The zero-order valence-electron chi connectivity index (χ0n) is 14.4. The molecule has 0 radical (unpaired) electrons. The van der Waals surface area contributed by atoms with E-state index in [4.69, 9.17) is 0 Å². The van der Waals surface area contributed by atoms with E-state index in [1.165, 1.54) is 30.3 Å². The quantitative estimate of drug-likeness (QED) is 0.164. The number of hydrogen-bond donors (Lipinski definition) is 8. The Hall–Kier alpha value is -0.510. The minimum absolute atomic E-state index is 0.150. The highest BCUT2D eigenvalue weighted by atomic mass is 31.2. The number of ketones is 1. The maximum Gasteiger partial charge on any atom is 0.340 e. The van der Waals surface area contributed by atoms with Gasteiger partial charge in [-0.05, 0) is 12.8 Å². The molecule has 0 atom stereocenters. The third-order valence-electron chi connectivity index (χ3n) is 3.97. The molecular weight excluding hydrogens is 476 g/mol. The Morgan fingerprint density at radius 1 is 0.655 bits per heavy atom. The first-order valence-corrected chi connectivity index (χ1v) is 14.4. The van der Waals surface area contributed by atoms with Gasteiger partial charge in [-0.2, -0.15) is 0 Å². The van der Waals surface area contributed by atoms with E-state index in [2.05, 4.69) is 0 Å². The van der Waals surface area contributed by atoms with E-state index in [1.807, 2.05) is 0 Å². The zero-order valence-corrected chi connectivity index (χ0v) is 18.0. The first-order valence-electron chi connectivity index (χ1n) is 7.65. The Labute approximate surface area is 164 Å². The van der Waals surface area contributed by atoms with Crippen molar-refractivity contribution in [1.29, 1.82) is 0 Å². The fourth-order valence-electron chi connectivity index (χ4n) is 2.60. The fraction of sp³-hybridized carbons (Fsp3) is 0.417. The molecule has 0 aromatic heterocycles. The molecule has 0 fully saturated rings. The molecule has 13 nitrogen and oxygen atoms in total. The third-order valence-corrected chi connectivity index (χ3v) is 11.5. The molecule has 0 unspecified atom stereocenters.